The van der Waals surface area contributed by atoms with Gasteiger partial charge in [-0.2, -0.15) is 0 Å². The van der Waals surface area contributed by atoms with Gasteiger partial charge in [-0.15, -0.1) is 0 Å². The molecule has 0 atom stereocenters. The van der Waals surface area contributed by atoms with Crippen molar-refractivity contribution in [1.29, 1.82) is 0 Å². The van der Waals surface area contributed by atoms with Crippen molar-refractivity contribution in [2.45, 2.75) is 39.0 Å². The third kappa shape index (κ3) is 2.50. The van der Waals surface area contributed by atoms with Gasteiger partial charge in [0, 0.05) is 24.2 Å². The highest BCUT2D eigenvalue weighted by molar-refractivity contribution is 5.97. The molecule has 1 fully saturated rings. The van der Waals surface area contributed by atoms with Crippen LogP contribution in [0, 0.1) is 5.41 Å². The van der Waals surface area contributed by atoms with Gasteiger partial charge >= 0.3 is 0 Å². The number of benzene rings is 1. The van der Waals surface area contributed by atoms with Crippen LogP contribution >= 0.6 is 0 Å². The summed E-state index contributed by atoms with van der Waals surface area (Å²) < 4.78 is 0. The molecule has 1 aliphatic rings. The monoisotopic (exact) mass is 247 g/mol. The maximum Gasteiger partial charge on any atom is 0.232 e. The Bertz CT molecular complexity index is 436. The predicted octanol–water partition coefficient (Wildman–Crippen LogP) is 3.33. The predicted molar refractivity (Wildman–Crippen MR) is 72.7 cm³/mol. The zero-order valence-corrected chi connectivity index (χ0v) is 11.1. The summed E-state index contributed by atoms with van der Waals surface area (Å²) in [6, 6.07) is 6.86. The van der Waals surface area contributed by atoms with Crippen molar-refractivity contribution in [1.82, 2.24) is 0 Å². The SMILES string of the molecule is CN(C(=O)C1(C)CCCCC1)c1cccc(O)c1. The number of rotatable bonds is 2. The van der Waals surface area contributed by atoms with Crippen molar-refractivity contribution in [3.05, 3.63) is 24.3 Å². The highest BCUT2D eigenvalue weighted by atomic mass is 16.3. The minimum absolute atomic E-state index is 0.160. The maximum atomic E-state index is 12.6. The number of hydrogen-bond acceptors (Lipinski definition) is 2. The number of carbonyl (C=O) groups is 1. The molecule has 0 radical (unpaired) electrons. The fourth-order valence-corrected chi connectivity index (χ4v) is 2.77. The quantitative estimate of drug-likeness (QED) is 0.870. The van der Waals surface area contributed by atoms with Gasteiger partial charge in [-0.3, -0.25) is 4.79 Å². The molecule has 98 valence electrons. The number of amides is 1. The molecule has 0 saturated heterocycles. The minimum atomic E-state index is -0.238. The van der Waals surface area contributed by atoms with E-state index in [1.807, 2.05) is 6.07 Å². The van der Waals surface area contributed by atoms with E-state index in [0.717, 1.165) is 31.4 Å². The molecule has 1 amide bonds. The van der Waals surface area contributed by atoms with Crippen LogP contribution in [0.2, 0.25) is 0 Å². The van der Waals surface area contributed by atoms with Crippen LogP contribution < -0.4 is 4.90 Å². The first-order valence-corrected chi connectivity index (χ1v) is 6.60. The maximum absolute atomic E-state index is 12.6. The molecular formula is C15H21NO2. The minimum Gasteiger partial charge on any atom is -0.508 e. The molecule has 1 aromatic carbocycles. The van der Waals surface area contributed by atoms with Gasteiger partial charge in [0.2, 0.25) is 5.91 Å². The van der Waals surface area contributed by atoms with Crippen molar-refractivity contribution in [3.8, 4) is 5.75 Å². The Balaban J connectivity index is 2.17. The van der Waals surface area contributed by atoms with E-state index >= 15 is 0 Å². The highest BCUT2D eigenvalue weighted by Crippen LogP contribution is 2.38. The smallest absolute Gasteiger partial charge is 0.232 e. The van der Waals surface area contributed by atoms with Crippen molar-refractivity contribution in [2.24, 2.45) is 5.41 Å². The van der Waals surface area contributed by atoms with Gasteiger partial charge in [-0.25, -0.2) is 0 Å². The largest absolute Gasteiger partial charge is 0.508 e. The molecule has 3 heteroatoms. The average molecular weight is 247 g/mol. The van der Waals surface area contributed by atoms with Crippen LogP contribution in [0.25, 0.3) is 0 Å². The van der Waals surface area contributed by atoms with E-state index in [9.17, 15) is 9.90 Å². The van der Waals surface area contributed by atoms with Gasteiger partial charge in [0.25, 0.3) is 0 Å². The molecule has 0 bridgehead atoms. The summed E-state index contributed by atoms with van der Waals surface area (Å²) >= 11 is 0. The Morgan fingerprint density at radius 2 is 1.94 bits per heavy atom. The Morgan fingerprint density at radius 1 is 1.28 bits per heavy atom. The average Bonchev–Trinajstić information content (AvgIpc) is 2.38. The lowest BCUT2D eigenvalue weighted by Crippen LogP contribution is -2.41. The third-order valence-corrected chi connectivity index (χ3v) is 4.00. The van der Waals surface area contributed by atoms with Gasteiger partial charge in [0.1, 0.15) is 5.75 Å². The molecule has 0 unspecified atom stereocenters. The van der Waals surface area contributed by atoms with Crippen LogP contribution in [0.1, 0.15) is 39.0 Å². The summed E-state index contributed by atoms with van der Waals surface area (Å²) in [5.41, 5.74) is 0.519. The lowest BCUT2D eigenvalue weighted by atomic mass is 9.74. The van der Waals surface area contributed by atoms with Crippen LogP contribution in [-0.2, 0) is 4.79 Å². The summed E-state index contributed by atoms with van der Waals surface area (Å²) in [4.78, 5) is 14.2. The number of phenolic OH excluding ortho intramolecular Hbond substituents is 1. The van der Waals surface area contributed by atoms with Crippen LogP contribution in [-0.4, -0.2) is 18.1 Å². The van der Waals surface area contributed by atoms with Gasteiger partial charge in [-0.1, -0.05) is 32.3 Å². The molecule has 1 aromatic rings. The zero-order chi connectivity index (χ0) is 13.2. The molecule has 3 nitrogen and oxygen atoms in total. The van der Waals surface area contributed by atoms with Gasteiger partial charge in [0.15, 0.2) is 0 Å². The second kappa shape index (κ2) is 5.01. The lowest BCUT2D eigenvalue weighted by molar-refractivity contribution is -0.128. The molecular weight excluding hydrogens is 226 g/mol. The normalized spacial score (nSPS) is 18.3. The molecule has 1 saturated carbocycles. The Labute approximate surface area is 108 Å². The molecule has 1 N–H and O–H groups in total. The lowest BCUT2D eigenvalue weighted by Gasteiger charge is -2.35. The van der Waals surface area contributed by atoms with E-state index in [2.05, 4.69) is 6.92 Å². The molecule has 18 heavy (non-hydrogen) atoms. The highest BCUT2D eigenvalue weighted by Gasteiger charge is 2.36. The molecule has 2 rings (SSSR count). The summed E-state index contributed by atoms with van der Waals surface area (Å²) in [7, 11) is 1.79. The van der Waals surface area contributed by atoms with Crippen LogP contribution in [0.15, 0.2) is 24.3 Å². The number of aromatic hydroxyl groups is 1. The molecule has 0 spiro atoms. The van der Waals surface area contributed by atoms with Crippen molar-refractivity contribution < 1.29 is 9.90 Å². The summed E-state index contributed by atoms with van der Waals surface area (Å²) in [6.07, 6.45) is 5.44. The van der Waals surface area contributed by atoms with E-state index in [1.54, 1.807) is 30.1 Å². The summed E-state index contributed by atoms with van der Waals surface area (Å²) in [5, 5.41) is 9.48. The molecule has 0 aliphatic heterocycles. The van der Waals surface area contributed by atoms with E-state index < -0.39 is 0 Å². The number of phenols is 1. The third-order valence-electron chi connectivity index (χ3n) is 4.00. The second-order valence-corrected chi connectivity index (χ2v) is 5.51. The number of carbonyl (C=O) groups excluding carboxylic acids is 1. The number of anilines is 1. The number of nitrogens with zero attached hydrogens (tertiary/aromatic N) is 1. The summed E-state index contributed by atoms with van der Waals surface area (Å²) in [6.45, 7) is 2.06. The second-order valence-electron chi connectivity index (χ2n) is 5.51. The van der Waals surface area contributed by atoms with E-state index in [4.69, 9.17) is 0 Å². The molecule has 0 heterocycles. The van der Waals surface area contributed by atoms with Gasteiger partial charge in [-0.05, 0) is 25.0 Å². The van der Waals surface area contributed by atoms with E-state index in [1.165, 1.54) is 6.42 Å². The van der Waals surface area contributed by atoms with Crippen molar-refractivity contribution >= 4 is 11.6 Å². The topological polar surface area (TPSA) is 40.5 Å². The zero-order valence-electron chi connectivity index (χ0n) is 11.1. The first-order valence-electron chi connectivity index (χ1n) is 6.60. The van der Waals surface area contributed by atoms with Crippen molar-refractivity contribution in [2.75, 3.05) is 11.9 Å². The van der Waals surface area contributed by atoms with Gasteiger partial charge < -0.3 is 10.0 Å². The van der Waals surface area contributed by atoms with Gasteiger partial charge in [0.05, 0.1) is 0 Å². The van der Waals surface area contributed by atoms with E-state index in [0.29, 0.717) is 0 Å². The van der Waals surface area contributed by atoms with Crippen LogP contribution in [0.3, 0.4) is 0 Å². The Kier molecular flexibility index (Phi) is 3.60. The van der Waals surface area contributed by atoms with Crippen LogP contribution in [0.4, 0.5) is 5.69 Å². The fraction of sp³-hybridized carbons (Fsp3) is 0.533. The Hall–Kier alpha value is -1.51. The Morgan fingerprint density at radius 3 is 2.56 bits per heavy atom. The first kappa shape index (κ1) is 12.9. The van der Waals surface area contributed by atoms with Crippen LogP contribution in [0.5, 0.6) is 5.75 Å². The first-order chi connectivity index (χ1) is 8.53. The number of hydrogen-bond donors (Lipinski definition) is 1. The van der Waals surface area contributed by atoms with E-state index in [-0.39, 0.29) is 17.1 Å². The van der Waals surface area contributed by atoms with Crippen molar-refractivity contribution in [3.63, 3.8) is 0 Å². The fourth-order valence-electron chi connectivity index (χ4n) is 2.77. The summed E-state index contributed by atoms with van der Waals surface area (Å²) in [5.74, 6) is 0.355. The standard InChI is InChI=1S/C15H21NO2/c1-15(9-4-3-5-10-15)14(18)16(2)12-7-6-8-13(17)11-12/h6-8,11,17H,3-5,9-10H2,1-2H3. The molecule has 0 aromatic heterocycles. The molecule has 1 aliphatic carbocycles.